The Morgan fingerprint density at radius 2 is 0.537 bits per heavy atom. The van der Waals surface area contributed by atoms with E-state index in [1.54, 1.807) is 0 Å². The lowest BCUT2D eigenvalue weighted by atomic mass is 10.0. The highest BCUT2D eigenvalue weighted by molar-refractivity contribution is 5.78. The van der Waals surface area contributed by atoms with Gasteiger partial charge in [-0.1, -0.05) is 336 Å². The summed E-state index contributed by atoms with van der Waals surface area (Å²) in [5.74, 6) is -9.00. The van der Waals surface area contributed by atoms with Gasteiger partial charge in [0.2, 0.25) is 5.91 Å². The molecule has 0 aromatic rings. The van der Waals surface area contributed by atoms with Crippen LogP contribution in [0.1, 0.15) is 400 Å². The highest BCUT2D eigenvalue weighted by Crippen LogP contribution is 2.22. The molecule has 0 aromatic carbocycles. The quantitative estimate of drug-likeness (QED) is 0.0169. The number of rotatable bonds is 96. The molecular weight excluding hydrogens is 1550 g/mol. The molecule has 0 fully saturated rings. The number of carboxylic acid groups (broad SMARTS) is 5. The second-order valence-electron chi connectivity index (χ2n) is 33.5. The first-order chi connectivity index (χ1) is 58.8. The van der Waals surface area contributed by atoms with Crippen molar-refractivity contribution in [2.24, 2.45) is 0 Å². The third-order valence-corrected chi connectivity index (χ3v) is 22.3. The molecule has 0 saturated heterocycles. The SMILES string of the molecule is CCCCCCCCCCCCCCCC(=O)OCC(OC(=O)CCCCCCCCCCCCCCC)C(NCCOCCOCCOCCNC(=O)CCC(C(=O)O)N(CCN(CC(=O)O)CC(=O)O)CCN(CC(=O)O)CC(=O)O)C(COC(=O)CCCCCCCCCCCCCCC)OC(=O)CCCCCCCCCCCCCCC. The predicted octanol–water partition coefficient (Wildman–Crippen LogP) is 18.4. The Labute approximate surface area is 730 Å². The lowest BCUT2D eigenvalue weighted by Gasteiger charge is -2.33. The van der Waals surface area contributed by atoms with Crippen LogP contribution in [0, 0.1) is 0 Å². The van der Waals surface area contributed by atoms with Crippen LogP contribution in [0.3, 0.4) is 0 Å². The molecule has 27 nitrogen and oxygen atoms in total. The molecule has 0 rings (SSSR count). The van der Waals surface area contributed by atoms with Gasteiger partial charge in [0, 0.05) is 71.4 Å². The maximum atomic E-state index is 14.2. The van der Waals surface area contributed by atoms with E-state index in [4.69, 9.17) is 33.2 Å². The molecule has 1 amide bonds. The van der Waals surface area contributed by atoms with E-state index in [0.717, 1.165) is 99.7 Å². The molecule has 0 aliphatic heterocycles. The number of ether oxygens (including phenoxy) is 7. The highest BCUT2D eigenvalue weighted by Gasteiger charge is 2.37. The number of carbonyl (C=O) groups is 10. The minimum Gasteiger partial charge on any atom is -0.480 e. The number of aliphatic carboxylic acids is 5. The van der Waals surface area contributed by atoms with Crippen molar-refractivity contribution in [3.63, 3.8) is 0 Å². The summed E-state index contributed by atoms with van der Waals surface area (Å²) in [6, 6.07) is -2.39. The minimum atomic E-state index is -1.39. The second-order valence-corrected chi connectivity index (χ2v) is 33.5. The summed E-state index contributed by atoms with van der Waals surface area (Å²) in [5, 5.41) is 53.9. The molecule has 7 N–H and O–H groups in total. The molecular formula is C94H175N5O22. The van der Waals surface area contributed by atoms with Crippen LogP contribution in [0.4, 0.5) is 0 Å². The van der Waals surface area contributed by atoms with Gasteiger partial charge < -0.3 is 69.3 Å². The first-order valence-electron chi connectivity index (χ1n) is 48.5. The molecule has 0 aromatic heterocycles. The molecule has 121 heavy (non-hydrogen) atoms. The number of nitrogens with one attached hydrogen (secondary N) is 2. The van der Waals surface area contributed by atoms with Crippen molar-refractivity contribution in [2.45, 2.75) is 424 Å². The number of hydrogen-bond donors (Lipinski definition) is 7. The van der Waals surface area contributed by atoms with Gasteiger partial charge >= 0.3 is 53.7 Å². The van der Waals surface area contributed by atoms with Crippen molar-refractivity contribution in [1.82, 2.24) is 25.3 Å². The zero-order chi connectivity index (χ0) is 88.9. The molecule has 3 atom stereocenters. The van der Waals surface area contributed by atoms with E-state index in [2.05, 4.69) is 38.3 Å². The second kappa shape index (κ2) is 86.5. The lowest BCUT2D eigenvalue weighted by Crippen LogP contribution is -2.55. The van der Waals surface area contributed by atoms with E-state index in [1.165, 1.54) is 223 Å². The fourth-order valence-corrected chi connectivity index (χ4v) is 15.1. The summed E-state index contributed by atoms with van der Waals surface area (Å²) in [6.07, 6.45) is 57.8. The fourth-order valence-electron chi connectivity index (χ4n) is 15.1. The Balaban J connectivity index is 6.53. The zero-order valence-corrected chi connectivity index (χ0v) is 76.6. The molecule has 3 unspecified atom stereocenters. The Morgan fingerprint density at radius 3 is 0.802 bits per heavy atom. The molecule has 0 aliphatic rings. The first-order valence-corrected chi connectivity index (χ1v) is 48.5. The number of nitrogens with zero attached hydrogens (tertiary/aromatic N) is 3. The first kappa shape index (κ1) is 115. The summed E-state index contributed by atoms with van der Waals surface area (Å²) in [5.41, 5.74) is 0. The molecule has 0 radical (unpaired) electrons. The number of carbonyl (C=O) groups excluding carboxylic acids is 5. The number of esters is 4. The van der Waals surface area contributed by atoms with E-state index in [-0.39, 0.29) is 131 Å². The Hall–Kier alpha value is -5.58. The predicted molar refractivity (Wildman–Crippen MR) is 476 cm³/mol. The van der Waals surface area contributed by atoms with Gasteiger partial charge in [-0.3, -0.25) is 62.6 Å². The topological polar surface area (TPSA) is 370 Å². The molecule has 0 saturated carbocycles. The number of unbranched alkanes of at least 4 members (excludes halogenated alkanes) is 48. The summed E-state index contributed by atoms with van der Waals surface area (Å²) in [4.78, 5) is 131. The van der Waals surface area contributed by atoms with Crippen LogP contribution in [0.25, 0.3) is 0 Å². The third kappa shape index (κ3) is 78.9. The fraction of sp³-hybridized carbons (Fsp3) is 0.894. The number of hydrogen-bond acceptors (Lipinski definition) is 21. The highest BCUT2D eigenvalue weighted by atomic mass is 16.6. The molecule has 27 heteroatoms. The number of carboxylic acids is 5. The monoisotopic (exact) mass is 1730 g/mol. The summed E-state index contributed by atoms with van der Waals surface area (Å²) < 4.78 is 42.4. The van der Waals surface area contributed by atoms with Crippen LogP contribution in [0.2, 0.25) is 0 Å². The third-order valence-electron chi connectivity index (χ3n) is 22.3. The standard InChI is InChI=1S/C94H175N5O22/c1-5-9-13-17-21-25-29-33-37-41-45-49-53-57-89(109)118-79-82(120-91(111)59-55-51-47-43-39-35-31-27-23-19-15-11-7-3)93(83(121-92(112)60-56-52-48-44-40-36-32-28-24-20-16-12-8-4)80-119-90(110)58-54-50-46-42-38-34-30-26-22-18-14-10-6-2)96-64-70-116-72-74-117-73-71-115-69-63-95-84(100)62-61-81(94(113)114)99(67-65-97(75-85(101)102)76-86(103)104)68-66-98(77-87(105)106)78-88(107)108/h81-83,93,96H,5-80H2,1-4H3,(H,95,100)(H,101,102)(H,103,104)(H,105,106)(H,107,108)(H,113,114). The van der Waals surface area contributed by atoms with Gasteiger partial charge in [0.15, 0.2) is 12.2 Å². The molecule has 0 aliphatic carbocycles. The van der Waals surface area contributed by atoms with Crippen LogP contribution in [-0.2, 0) is 81.1 Å². The summed E-state index contributed by atoms with van der Waals surface area (Å²) in [6.45, 7) is 5.73. The van der Waals surface area contributed by atoms with Crippen molar-refractivity contribution < 1.29 is 107 Å². The maximum absolute atomic E-state index is 14.2. The van der Waals surface area contributed by atoms with Crippen LogP contribution in [-0.4, -0.2) is 242 Å². The van der Waals surface area contributed by atoms with E-state index >= 15 is 0 Å². The molecule has 0 heterocycles. The average molecular weight is 1730 g/mol. The van der Waals surface area contributed by atoms with Gasteiger partial charge in [-0.15, -0.1) is 0 Å². The van der Waals surface area contributed by atoms with Crippen LogP contribution < -0.4 is 10.6 Å². The molecule has 708 valence electrons. The van der Waals surface area contributed by atoms with Gasteiger partial charge in [0.25, 0.3) is 0 Å². The molecule has 0 bridgehead atoms. The maximum Gasteiger partial charge on any atom is 0.320 e. The van der Waals surface area contributed by atoms with Crippen LogP contribution in [0.15, 0.2) is 0 Å². The zero-order valence-electron chi connectivity index (χ0n) is 76.6. The van der Waals surface area contributed by atoms with E-state index in [1.807, 2.05) is 0 Å². The van der Waals surface area contributed by atoms with Crippen molar-refractivity contribution in [3.05, 3.63) is 0 Å². The van der Waals surface area contributed by atoms with Crippen molar-refractivity contribution in [1.29, 1.82) is 0 Å². The normalized spacial score (nSPS) is 12.6. The van der Waals surface area contributed by atoms with Gasteiger partial charge in [0.05, 0.1) is 71.9 Å². The van der Waals surface area contributed by atoms with Crippen molar-refractivity contribution in [3.8, 4) is 0 Å². The molecule has 0 spiro atoms. The average Bonchev–Trinajstić information content (AvgIpc) is 0.858. The lowest BCUT2D eigenvalue weighted by molar-refractivity contribution is -0.172. The van der Waals surface area contributed by atoms with Crippen LogP contribution in [0.5, 0.6) is 0 Å². The van der Waals surface area contributed by atoms with Gasteiger partial charge in [-0.2, -0.15) is 0 Å². The number of amides is 1. The van der Waals surface area contributed by atoms with Gasteiger partial charge in [-0.05, 0) is 32.1 Å². The Bertz CT molecular complexity index is 2350. The Morgan fingerprint density at radius 1 is 0.289 bits per heavy atom. The Kier molecular flexibility index (Phi) is 82.5. The van der Waals surface area contributed by atoms with E-state index in [9.17, 15) is 73.5 Å². The van der Waals surface area contributed by atoms with Crippen molar-refractivity contribution >= 4 is 59.6 Å². The van der Waals surface area contributed by atoms with E-state index in [0.29, 0.717) is 25.7 Å². The van der Waals surface area contributed by atoms with Gasteiger partial charge in [0.1, 0.15) is 19.3 Å². The largest absolute Gasteiger partial charge is 0.480 e. The van der Waals surface area contributed by atoms with Gasteiger partial charge in [-0.25, -0.2) is 0 Å². The van der Waals surface area contributed by atoms with Crippen LogP contribution >= 0.6 is 0 Å². The summed E-state index contributed by atoms with van der Waals surface area (Å²) in [7, 11) is 0. The summed E-state index contributed by atoms with van der Waals surface area (Å²) >= 11 is 0. The van der Waals surface area contributed by atoms with E-state index < -0.39 is 110 Å². The van der Waals surface area contributed by atoms with Crippen molar-refractivity contribution in [2.75, 3.05) is 118 Å². The minimum absolute atomic E-state index is 0.0546. The smallest absolute Gasteiger partial charge is 0.320 e.